The Bertz CT molecular complexity index is 1700. The lowest BCUT2D eigenvalue weighted by Gasteiger charge is -2.23. The number of carbonyl (C=O) groups is 3. The fourth-order valence-electron chi connectivity index (χ4n) is 4.74. The Labute approximate surface area is 251 Å². The van der Waals surface area contributed by atoms with Crippen molar-refractivity contribution in [1.82, 2.24) is 4.98 Å². The van der Waals surface area contributed by atoms with E-state index >= 15 is 0 Å². The molecule has 1 aromatic heterocycles. The van der Waals surface area contributed by atoms with Crippen molar-refractivity contribution in [1.29, 1.82) is 0 Å². The molecule has 1 aliphatic heterocycles. The first-order valence-corrected chi connectivity index (χ1v) is 14.4. The first kappa shape index (κ1) is 29.0. The standard InChI is InChI=1S/C32H27ClN2O6S/c1-4-40-31(39)29-19(3)34-32(42-29)35-26(21-10-12-22(33)13-11-21)25(28(37)30(35)38)27(36)24-15-14-23(16-18(24)2)41-17-20-8-6-5-7-9-20/h5-16,26,36H,4,17H2,1-3H3/b27-25-. The van der Waals surface area contributed by atoms with Crippen LogP contribution in [-0.4, -0.2) is 34.4 Å². The highest BCUT2D eigenvalue weighted by molar-refractivity contribution is 7.17. The molecule has 8 nitrogen and oxygen atoms in total. The van der Waals surface area contributed by atoms with Crippen LogP contribution in [0.3, 0.4) is 0 Å². The largest absolute Gasteiger partial charge is 0.507 e. The van der Waals surface area contributed by atoms with Gasteiger partial charge in [0.15, 0.2) is 5.13 Å². The Kier molecular flexibility index (Phi) is 8.42. The van der Waals surface area contributed by atoms with E-state index in [-0.39, 0.29) is 27.9 Å². The number of aryl methyl sites for hydroxylation is 2. The third kappa shape index (κ3) is 5.66. The molecule has 3 aromatic carbocycles. The smallest absolute Gasteiger partial charge is 0.350 e. The average Bonchev–Trinajstić information content (AvgIpc) is 3.49. The molecule has 1 aliphatic rings. The number of thiazole rings is 1. The minimum atomic E-state index is -1.02. The van der Waals surface area contributed by atoms with Gasteiger partial charge in [-0.05, 0) is 67.8 Å². The number of amides is 1. The number of nitrogens with zero attached hydrogens (tertiary/aromatic N) is 2. The minimum Gasteiger partial charge on any atom is -0.507 e. The number of halogens is 1. The average molecular weight is 603 g/mol. The van der Waals surface area contributed by atoms with E-state index in [9.17, 15) is 19.5 Å². The van der Waals surface area contributed by atoms with Crippen molar-refractivity contribution < 1.29 is 29.0 Å². The molecular weight excluding hydrogens is 576 g/mol. The van der Waals surface area contributed by atoms with Gasteiger partial charge in [0.2, 0.25) is 0 Å². The second-order valence-electron chi connectivity index (χ2n) is 9.60. The number of aliphatic hydroxyl groups excluding tert-OH is 1. The first-order valence-electron chi connectivity index (χ1n) is 13.2. The van der Waals surface area contributed by atoms with E-state index in [2.05, 4.69) is 4.98 Å². The normalized spacial score (nSPS) is 16.1. The van der Waals surface area contributed by atoms with Gasteiger partial charge in [0, 0.05) is 10.6 Å². The van der Waals surface area contributed by atoms with Crippen LogP contribution in [0, 0.1) is 13.8 Å². The summed E-state index contributed by atoms with van der Waals surface area (Å²) in [5, 5.41) is 12.2. The molecule has 4 aromatic rings. The lowest BCUT2D eigenvalue weighted by molar-refractivity contribution is -0.132. The number of ether oxygens (including phenoxy) is 2. The van der Waals surface area contributed by atoms with Gasteiger partial charge in [0.05, 0.1) is 23.9 Å². The number of hydrogen-bond acceptors (Lipinski definition) is 8. The molecule has 1 N–H and O–H groups in total. The number of aromatic nitrogens is 1. The number of ketones is 1. The van der Waals surface area contributed by atoms with Crippen molar-refractivity contribution in [3.05, 3.63) is 116 Å². The Morgan fingerprint density at radius 2 is 1.76 bits per heavy atom. The van der Waals surface area contributed by atoms with Crippen LogP contribution in [0.2, 0.25) is 5.02 Å². The fourth-order valence-corrected chi connectivity index (χ4v) is 5.85. The molecule has 0 saturated carbocycles. The van der Waals surface area contributed by atoms with Gasteiger partial charge >= 0.3 is 11.9 Å². The van der Waals surface area contributed by atoms with Gasteiger partial charge in [-0.1, -0.05) is 65.4 Å². The summed E-state index contributed by atoms with van der Waals surface area (Å²) < 4.78 is 11.0. The molecule has 10 heteroatoms. The molecule has 0 bridgehead atoms. The molecule has 1 atom stereocenters. The second kappa shape index (κ2) is 12.2. The Balaban J connectivity index is 1.57. The van der Waals surface area contributed by atoms with Crippen LogP contribution in [0.25, 0.3) is 5.76 Å². The maximum atomic E-state index is 13.5. The maximum Gasteiger partial charge on any atom is 0.350 e. The van der Waals surface area contributed by atoms with Gasteiger partial charge in [-0.25, -0.2) is 9.78 Å². The van der Waals surface area contributed by atoms with Crippen molar-refractivity contribution in [2.75, 3.05) is 11.5 Å². The molecule has 0 radical (unpaired) electrons. The maximum absolute atomic E-state index is 13.5. The summed E-state index contributed by atoms with van der Waals surface area (Å²) in [6.07, 6.45) is 0. The number of rotatable bonds is 8. The highest BCUT2D eigenvalue weighted by atomic mass is 35.5. The molecule has 0 aliphatic carbocycles. The Morgan fingerprint density at radius 3 is 2.43 bits per heavy atom. The van der Waals surface area contributed by atoms with Crippen LogP contribution in [0.1, 0.15) is 50.6 Å². The van der Waals surface area contributed by atoms with E-state index < -0.39 is 23.7 Å². The summed E-state index contributed by atoms with van der Waals surface area (Å²) in [5.74, 6) is -2.05. The lowest BCUT2D eigenvalue weighted by atomic mass is 9.94. The summed E-state index contributed by atoms with van der Waals surface area (Å²) in [6, 6.07) is 20.5. The lowest BCUT2D eigenvalue weighted by Crippen LogP contribution is -2.29. The van der Waals surface area contributed by atoms with E-state index in [0.29, 0.717) is 39.8 Å². The predicted molar refractivity (Wildman–Crippen MR) is 161 cm³/mol. The molecule has 214 valence electrons. The highest BCUT2D eigenvalue weighted by Crippen LogP contribution is 2.44. The van der Waals surface area contributed by atoms with Crippen LogP contribution in [0.5, 0.6) is 5.75 Å². The summed E-state index contributed by atoms with van der Waals surface area (Å²) in [4.78, 5) is 45.4. The van der Waals surface area contributed by atoms with E-state index in [1.807, 2.05) is 30.3 Å². The van der Waals surface area contributed by atoms with E-state index in [1.165, 1.54) is 4.90 Å². The molecule has 1 fully saturated rings. The Hall–Kier alpha value is -4.47. The van der Waals surface area contributed by atoms with E-state index in [1.54, 1.807) is 63.2 Å². The van der Waals surface area contributed by atoms with Gasteiger partial charge < -0.3 is 14.6 Å². The quantitative estimate of drug-likeness (QED) is 0.102. The van der Waals surface area contributed by atoms with Crippen molar-refractivity contribution in [3.63, 3.8) is 0 Å². The fraction of sp³-hybridized carbons (Fsp3) is 0.188. The van der Waals surface area contributed by atoms with Gasteiger partial charge in [-0.3, -0.25) is 14.5 Å². The summed E-state index contributed by atoms with van der Waals surface area (Å²) in [5.41, 5.74) is 2.83. The van der Waals surface area contributed by atoms with Crippen molar-refractivity contribution in [2.45, 2.75) is 33.4 Å². The number of esters is 1. The number of Topliss-reactive ketones (excluding diaryl/α,β-unsaturated/α-hetero) is 1. The van der Waals surface area contributed by atoms with Gasteiger partial charge in [-0.15, -0.1) is 0 Å². The van der Waals surface area contributed by atoms with Crippen molar-refractivity contribution >= 4 is 51.5 Å². The third-order valence-corrected chi connectivity index (χ3v) is 8.17. The molecular formula is C32H27ClN2O6S. The number of hydrogen-bond donors (Lipinski definition) is 1. The Morgan fingerprint density at radius 1 is 1.05 bits per heavy atom. The summed E-state index contributed by atoms with van der Waals surface area (Å²) in [7, 11) is 0. The molecule has 42 heavy (non-hydrogen) atoms. The summed E-state index contributed by atoms with van der Waals surface area (Å²) in [6.45, 7) is 5.65. The SMILES string of the molecule is CCOC(=O)c1sc(N2C(=O)C(=O)/C(=C(\O)c3ccc(OCc4ccccc4)cc3C)C2c2ccc(Cl)cc2)nc1C. The van der Waals surface area contributed by atoms with Crippen LogP contribution >= 0.6 is 22.9 Å². The minimum absolute atomic E-state index is 0.103. The molecule has 5 rings (SSSR count). The number of anilines is 1. The first-order chi connectivity index (χ1) is 20.2. The molecule has 2 heterocycles. The number of benzene rings is 3. The van der Waals surface area contributed by atoms with Gasteiger partial charge in [-0.2, -0.15) is 0 Å². The second-order valence-corrected chi connectivity index (χ2v) is 11.0. The van der Waals surface area contributed by atoms with Crippen LogP contribution in [-0.2, 0) is 20.9 Å². The third-order valence-electron chi connectivity index (χ3n) is 6.78. The monoisotopic (exact) mass is 602 g/mol. The molecule has 1 unspecified atom stereocenters. The van der Waals surface area contributed by atoms with Gasteiger partial charge in [0.25, 0.3) is 5.78 Å². The highest BCUT2D eigenvalue weighted by Gasteiger charge is 2.48. The number of aliphatic hydroxyl groups is 1. The molecule has 0 spiro atoms. The van der Waals surface area contributed by atoms with Crippen LogP contribution < -0.4 is 9.64 Å². The van der Waals surface area contributed by atoms with E-state index in [0.717, 1.165) is 16.9 Å². The van der Waals surface area contributed by atoms with Crippen molar-refractivity contribution in [2.24, 2.45) is 0 Å². The molecule has 1 saturated heterocycles. The zero-order valence-corrected chi connectivity index (χ0v) is 24.7. The van der Waals surface area contributed by atoms with Gasteiger partial charge in [0.1, 0.15) is 23.0 Å². The van der Waals surface area contributed by atoms with Crippen LogP contribution in [0.15, 0.2) is 78.4 Å². The van der Waals surface area contributed by atoms with E-state index in [4.69, 9.17) is 21.1 Å². The van der Waals surface area contributed by atoms with Crippen LogP contribution in [0.4, 0.5) is 5.13 Å². The summed E-state index contributed by atoms with van der Waals surface area (Å²) >= 11 is 7.08. The predicted octanol–water partition coefficient (Wildman–Crippen LogP) is 6.80. The van der Waals surface area contributed by atoms with Crippen molar-refractivity contribution in [3.8, 4) is 5.75 Å². The topological polar surface area (TPSA) is 106 Å². The number of carbonyl (C=O) groups excluding carboxylic acids is 3. The zero-order chi connectivity index (χ0) is 30.0. The molecule has 1 amide bonds. The zero-order valence-electron chi connectivity index (χ0n) is 23.1.